The third kappa shape index (κ3) is 4.56. The first-order chi connectivity index (χ1) is 15.1. The highest BCUT2D eigenvalue weighted by molar-refractivity contribution is 6.24. The molecule has 7 nitrogen and oxygen atoms in total. The lowest BCUT2D eigenvalue weighted by molar-refractivity contribution is -0.143. The Bertz CT molecular complexity index is 1070. The molecule has 2 aromatic carbocycles. The van der Waals surface area contributed by atoms with Crippen LogP contribution in [-0.2, 0) is 9.59 Å². The summed E-state index contributed by atoms with van der Waals surface area (Å²) >= 11 is 0. The van der Waals surface area contributed by atoms with Gasteiger partial charge in [-0.15, -0.1) is 0 Å². The number of carbonyl (C=O) groups is 4. The molecular weight excluding hydrogens is 408 g/mol. The number of aliphatic carboxylic acids is 1. The van der Waals surface area contributed by atoms with Crippen LogP contribution in [-0.4, -0.2) is 40.8 Å². The summed E-state index contributed by atoms with van der Waals surface area (Å²) in [6, 6.07) is 10.1. The first kappa shape index (κ1) is 23.2. The van der Waals surface area contributed by atoms with Gasteiger partial charge in [0, 0.05) is 22.3 Å². The van der Waals surface area contributed by atoms with Crippen LogP contribution in [0.4, 0.5) is 0 Å². The van der Waals surface area contributed by atoms with Crippen molar-refractivity contribution in [2.45, 2.75) is 46.2 Å². The van der Waals surface area contributed by atoms with Gasteiger partial charge in [0.25, 0.3) is 5.91 Å². The molecule has 0 bridgehead atoms. The first-order valence-corrected chi connectivity index (χ1v) is 10.7. The van der Waals surface area contributed by atoms with Gasteiger partial charge >= 0.3 is 5.97 Å². The summed E-state index contributed by atoms with van der Waals surface area (Å²) in [6.07, 6.45) is 0.340. The van der Waals surface area contributed by atoms with Crippen LogP contribution in [0.5, 0.6) is 0 Å². The quantitative estimate of drug-likeness (QED) is 0.502. The van der Waals surface area contributed by atoms with Crippen LogP contribution < -0.4 is 10.6 Å². The molecule has 7 heteroatoms. The van der Waals surface area contributed by atoms with Gasteiger partial charge in [0.15, 0.2) is 5.78 Å². The molecule has 0 aromatic heterocycles. The summed E-state index contributed by atoms with van der Waals surface area (Å²) in [5.41, 5.74) is 2.55. The lowest BCUT2D eigenvalue weighted by atomic mass is 9.97. The summed E-state index contributed by atoms with van der Waals surface area (Å²) in [5, 5.41) is 14.7. The Morgan fingerprint density at radius 1 is 0.875 bits per heavy atom. The first-order valence-electron chi connectivity index (χ1n) is 10.7. The number of carbonyl (C=O) groups excluding carboxylic acids is 3. The molecule has 2 unspecified atom stereocenters. The predicted octanol–water partition coefficient (Wildman–Crippen LogP) is 3.27. The van der Waals surface area contributed by atoms with Crippen LogP contribution in [0.3, 0.4) is 0 Å². The summed E-state index contributed by atoms with van der Waals surface area (Å²) in [5.74, 6) is -2.52. The van der Waals surface area contributed by atoms with Crippen molar-refractivity contribution >= 4 is 23.6 Å². The van der Waals surface area contributed by atoms with Crippen LogP contribution in [0.25, 0.3) is 11.1 Å². The molecule has 32 heavy (non-hydrogen) atoms. The molecular formula is C25H28N2O5. The van der Waals surface area contributed by atoms with Crippen molar-refractivity contribution in [1.29, 1.82) is 0 Å². The van der Waals surface area contributed by atoms with E-state index in [1.165, 1.54) is 0 Å². The third-order valence-corrected chi connectivity index (χ3v) is 5.55. The molecule has 2 amide bonds. The number of hydrogen-bond acceptors (Lipinski definition) is 4. The molecule has 0 aliphatic heterocycles. The number of hydrogen-bond donors (Lipinski definition) is 3. The second-order valence-electron chi connectivity index (χ2n) is 8.83. The van der Waals surface area contributed by atoms with Gasteiger partial charge in [-0.25, -0.2) is 4.79 Å². The van der Waals surface area contributed by atoms with Crippen molar-refractivity contribution < 1.29 is 24.3 Å². The third-order valence-electron chi connectivity index (χ3n) is 5.55. The number of ketones is 1. The molecule has 3 N–H and O–H groups in total. The Labute approximate surface area is 187 Å². The standard InChI is InChI=1S/C25H28N2O5/c1-13(2)12-19(24(30)27-21(14(3)4)25(31)32)26-23(29)18-11-7-10-17-20(18)15-8-5-6-9-16(15)22(17)28/h5-11,13-14,19,21H,12H2,1-4H3,(H,26,29)(H,27,30)(H,31,32). The van der Waals surface area contributed by atoms with E-state index in [2.05, 4.69) is 10.6 Å². The number of benzene rings is 2. The van der Waals surface area contributed by atoms with E-state index < -0.39 is 29.9 Å². The Morgan fingerprint density at radius 3 is 2.09 bits per heavy atom. The number of carboxylic acids is 1. The lowest BCUT2D eigenvalue weighted by Crippen LogP contribution is -2.53. The van der Waals surface area contributed by atoms with Crippen molar-refractivity contribution in [3.05, 3.63) is 59.2 Å². The Balaban J connectivity index is 1.90. The minimum Gasteiger partial charge on any atom is -0.480 e. The number of rotatable bonds is 8. The second kappa shape index (κ2) is 9.34. The van der Waals surface area contributed by atoms with Crippen molar-refractivity contribution in [2.75, 3.05) is 0 Å². The molecule has 0 fully saturated rings. The van der Waals surface area contributed by atoms with Crippen molar-refractivity contribution in [2.24, 2.45) is 11.8 Å². The number of nitrogens with one attached hydrogen (secondary N) is 2. The van der Waals surface area contributed by atoms with Gasteiger partial charge in [-0.05, 0) is 29.9 Å². The predicted molar refractivity (Wildman–Crippen MR) is 120 cm³/mol. The fourth-order valence-electron chi connectivity index (χ4n) is 3.97. The molecule has 1 aliphatic rings. The molecule has 168 valence electrons. The van der Waals surface area contributed by atoms with Crippen molar-refractivity contribution in [3.8, 4) is 11.1 Å². The molecule has 0 saturated carbocycles. The second-order valence-corrected chi connectivity index (χ2v) is 8.83. The fraction of sp³-hybridized carbons (Fsp3) is 0.360. The normalized spacial score (nSPS) is 14.0. The molecule has 3 rings (SSSR count). The summed E-state index contributed by atoms with van der Waals surface area (Å²) < 4.78 is 0. The van der Waals surface area contributed by atoms with Crippen LogP contribution >= 0.6 is 0 Å². The maximum Gasteiger partial charge on any atom is 0.326 e. The van der Waals surface area contributed by atoms with E-state index in [0.29, 0.717) is 34.2 Å². The topological polar surface area (TPSA) is 113 Å². The minimum absolute atomic E-state index is 0.0807. The monoisotopic (exact) mass is 436 g/mol. The molecule has 2 aromatic rings. The molecule has 0 spiro atoms. The summed E-state index contributed by atoms with van der Waals surface area (Å²) in [7, 11) is 0. The number of amides is 2. The maximum atomic E-state index is 13.3. The zero-order valence-electron chi connectivity index (χ0n) is 18.6. The maximum absolute atomic E-state index is 13.3. The van der Waals surface area contributed by atoms with E-state index >= 15 is 0 Å². The van der Waals surface area contributed by atoms with Gasteiger partial charge < -0.3 is 15.7 Å². The van der Waals surface area contributed by atoms with Gasteiger partial charge in [-0.1, -0.05) is 64.1 Å². The summed E-state index contributed by atoms with van der Waals surface area (Å²) in [6.45, 7) is 7.24. The Kier molecular flexibility index (Phi) is 6.77. The van der Waals surface area contributed by atoms with Crippen LogP contribution in [0.1, 0.15) is 60.4 Å². The van der Waals surface area contributed by atoms with E-state index in [0.717, 1.165) is 0 Å². The molecule has 0 heterocycles. The van der Waals surface area contributed by atoms with Crippen molar-refractivity contribution in [1.82, 2.24) is 10.6 Å². The van der Waals surface area contributed by atoms with Gasteiger partial charge in [0.05, 0.1) is 0 Å². The zero-order chi connectivity index (χ0) is 23.6. The van der Waals surface area contributed by atoms with Crippen molar-refractivity contribution in [3.63, 3.8) is 0 Å². The number of carboxylic acid groups (broad SMARTS) is 1. The van der Waals surface area contributed by atoms with Crippen LogP contribution in [0, 0.1) is 11.8 Å². The lowest BCUT2D eigenvalue weighted by Gasteiger charge is -2.24. The van der Waals surface area contributed by atoms with E-state index in [-0.39, 0.29) is 17.6 Å². The molecule has 0 radical (unpaired) electrons. The average molecular weight is 437 g/mol. The molecule has 0 saturated heterocycles. The van der Waals surface area contributed by atoms with E-state index in [1.54, 1.807) is 50.2 Å². The van der Waals surface area contributed by atoms with E-state index in [4.69, 9.17) is 0 Å². The summed E-state index contributed by atoms with van der Waals surface area (Å²) in [4.78, 5) is 50.4. The Morgan fingerprint density at radius 2 is 1.50 bits per heavy atom. The largest absolute Gasteiger partial charge is 0.480 e. The zero-order valence-corrected chi connectivity index (χ0v) is 18.6. The highest BCUT2D eigenvalue weighted by atomic mass is 16.4. The fourth-order valence-corrected chi connectivity index (χ4v) is 3.97. The Hall–Kier alpha value is -3.48. The van der Waals surface area contributed by atoms with Gasteiger partial charge in [0.2, 0.25) is 5.91 Å². The number of fused-ring (bicyclic) bond motifs is 3. The van der Waals surface area contributed by atoms with Gasteiger partial charge in [-0.2, -0.15) is 0 Å². The molecule has 2 atom stereocenters. The van der Waals surface area contributed by atoms with E-state index in [1.807, 2.05) is 19.9 Å². The van der Waals surface area contributed by atoms with Gasteiger partial charge in [0.1, 0.15) is 12.1 Å². The van der Waals surface area contributed by atoms with Crippen LogP contribution in [0.2, 0.25) is 0 Å². The van der Waals surface area contributed by atoms with Crippen LogP contribution in [0.15, 0.2) is 42.5 Å². The highest BCUT2D eigenvalue weighted by Crippen LogP contribution is 2.38. The van der Waals surface area contributed by atoms with Gasteiger partial charge in [-0.3, -0.25) is 14.4 Å². The highest BCUT2D eigenvalue weighted by Gasteiger charge is 2.33. The smallest absolute Gasteiger partial charge is 0.326 e. The SMILES string of the molecule is CC(C)CC(NC(=O)c1cccc2c1-c1ccccc1C2=O)C(=O)NC(C(=O)O)C(C)C. The average Bonchev–Trinajstić information content (AvgIpc) is 3.03. The molecule has 1 aliphatic carbocycles. The minimum atomic E-state index is -1.13. The van der Waals surface area contributed by atoms with E-state index in [9.17, 15) is 24.3 Å².